The largest absolute Gasteiger partial charge is 0.340 e. The average molecular weight is 363 g/mol. The third-order valence-electron chi connectivity index (χ3n) is 5.12. The molecule has 0 radical (unpaired) electrons. The summed E-state index contributed by atoms with van der Waals surface area (Å²) < 4.78 is 14.0. The molecule has 1 fully saturated rings. The van der Waals surface area contributed by atoms with Gasteiger partial charge in [0.1, 0.15) is 5.82 Å². The van der Waals surface area contributed by atoms with Crippen LogP contribution in [-0.4, -0.2) is 46.9 Å². The number of pyridine rings is 1. The van der Waals surface area contributed by atoms with Gasteiger partial charge in [-0.25, -0.2) is 4.39 Å². The Morgan fingerprint density at radius 3 is 2.52 bits per heavy atom. The van der Waals surface area contributed by atoms with E-state index in [9.17, 15) is 9.18 Å². The van der Waals surface area contributed by atoms with Crippen molar-refractivity contribution in [2.24, 2.45) is 0 Å². The Hall–Kier alpha value is -2.79. The molecule has 2 heterocycles. The molecule has 1 saturated heterocycles. The highest BCUT2D eigenvalue weighted by Gasteiger charge is 2.22. The lowest BCUT2D eigenvalue weighted by Crippen LogP contribution is -2.48. The van der Waals surface area contributed by atoms with E-state index in [0.29, 0.717) is 18.4 Å². The van der Waals surface area contributed by atoms with Gasteiger partial charge in [0.05, 0.1) is 11.9 Å². The van der Waals surface area contributed by atoms with Gasteiger partial charge in [-0.15, -0.1) is 0 Å². The first-order chi connectivity index (χ1) is 13.2. The molecule has 1 aliphatic rings. The molecule has 2 aromatic carbocycles. The zero-order chi connectivity index (χ0) is 18.6. The predicted octanol–water partition coefficient (Wildman–Crippen LogP) is 3.26. The zero-order valence-corrected chi connectivity index (χ0v) is 15.1. The summed E-state index contributed by atoms with van der Waals surface area (Å²) in [4.78, 5) is 21.1. The highest BCUT2D eigenvalue weighted by molar-refractivity contribution is 5.82. The molecule has 0 spiro atoms. The molecule has 1 aromatic heterocycles. The minimum absolute atomic E-state index is 0.176. The van der Waals surface area contributed by atoms with Gasteiger partial charge in [0.2, 0.25) is 5.91 Å². The highest BCUT2D eigenvalue weighted by atomic mass is 19.1. The van der Waals surface area contributed by atoms with Crippen molar-refractivity contribution < 1.29 is 9.18 Å². The van der Waals surface area contributed by atoms with Gasteiger partial charge in [-0.3, -0.25) is 14.7 Å². The van der Waals surface area contributed by atoms with Crippen LogP contribution in [0.4, 0.5) is 4.39 Å². The molecule has 0 unspecified atom stereocenters. The molecule has 27 heavy (non-hydrogen) atoms. The van der Waals surface area contributed by atoms with E-state index in [-0.39, 0.29) is 11.7 Å². The summed E-state index contributed by atoms with van der Waals surface area (Å²) in [6.45, 7) is 3.78. The summed E-state index contributed by atoms with van der Waals surface area (Å²) >= 11 is 0. The molecule has 1 amide bonds. The molecule has 0 aliphatic carbocycles. The van der Waals surface area contributed by atoms with E-state index in [0.717, 1.165) is 42.8 Å². The summed E-state index contributed by atoms with van der Waals surface area (Å²) in [6.07, 6.45) is 2.15. The second-order valence-electron chi connectivity index (χ2n) is 6.93. The van der Waals surface area contributed by atoms with Crippen LogP contribution in [-0.2, 0) is 17.8 Å². The van der Waals surface area contributed by atoms with Crippen LogP contribution in [0.1, 0.15) is 11.1 Å². The number of hydrogen-bond donors (Lipinski definition) is 0. The lowest BCUT2D eigenvalue weighted by molar-refractivity contribution is -0.132. The Bertz CT molecular complexity index is 937. The van der Waals surface area contributed by atoms with Crippen LogP contribution >= 0.6 is 0 Å². The quantitative estimate of drug-likeness (QED) is 0.714. The first-order valence-corrected chi connectivity index (χ1v) is 9.27. The summed E-state index contributed by atoms with van der Waals surface area (Å²) in [7, 11) is 0. The zero-order valence-electron chi connectivity index (χ0n) is 15.1. The summed E-state index contributed by atoms with van der Waals surface area (Å²) in [6, 6.07) is 16.7. The smallest absolute Gasteiger partial charge is 0.227 e. The van der Waals surface area contributed by atoms with E-state index < -0.39 is 0 Å². The fourth-order valence-corrected chi connectivity index (χ4v) is 3.60. The van der Waals surface area contributed by atoms with Crippen molar-refractivity contribution in [2.45, 2.75) is 13.0 Å². The van der Waals surface area contributed by atoms with Crippen molar-refractivity contribution in [3.8, 4) is 0 Å². The maximum absolute atomic E-state index is 14.0. The van der Waals surface area contributed by atoms with E-state index in [1.54, 1.807) is 18.3 Å². The van der Waals surface area contributed by atoms with Crippen molar-refractivity contribution in [1.82, 2.24) is 14.8 Å². The van der Waals surface area contributed by atoms with Crippen LogP contribution in [0, 0.1) is 5.82 Å². The van der Waals surface area contributed by atoms with Gasteiger partial charge < -0.3 is 4.90 Å². The number of amides is 1. The van der Waals surface area contributed by atoms with Crippen LogP contribution in [0.3, 0.4) is 0 Å². The first kappa shape index (κ1) is 17.6. The fraction of sp³-hybridized carbons (Fsp3) is 0.273. The first-order valence-electron chi connectivity index (χ1n) is 9.27. The summed E-state index contributed by atoms with van der Waals surface area (Å²) in [5.41, 5.74) is 2.80. The molecule has 5 heteroatoms. The highest BCUT2D eigenvalue weighted by Crippen LogP contribution is 2.21. The topological polar surface area (TPSA) is 36.4 Å². The Labute approximate surface area is 158 Å². The minimum Gasteiger partial charge on any atom is -0.340 e. The average Bonchev–Trinajstić information content (AvgIpc) is 2.71. The normalized spacial score (nSPS) is 15.2. The van der Waals surface area contributed by atoms with Crippen LogP contribution in [0.2, 0.25) is 0 Å². The Morgan fingerprint density at radius 2 is 1.74 bits per heavy atom. The third-order valence-corrected chi connectivity index (χ3v) is 5.12. The van der Waals surface area contributed by atoms with Gasteiger partial charge in [0, 0.05) is 44.3 Å². The maximum atomic E-state index is 14.0. The van der Waals surface area contributed by atoms with Crippen molar-refractivity contribution in [3.63, 3.8) is 0 Å². The molecular formula is C22H22FN3O. The Balaban J connectivity index is 1.37. The molecule has 0 saturated carbocycles. The second-order valence-corrected chi connectivity index (χ2v) is 6.93. The van der Waals surface area contributed by atoms with Gasteiger partial charge >= 0.3 is 0 Å². The van der Waals surface area contributed by atoms with E-state index >= 15 is 0 Å². The van der Waals surface area contributed by atoms with Gasteiger partial charge in [-0.05, 0) is 29.3 Å². The maximum Gasteiger partial charge on any atom is 0.227 e. The number of hydrogen-bond acceptors (Lipinski definition) is 3. The number of carbonyl (C=O) groups is 1. The van der Waals surface area contributed by atoms with Crippen molar-refractivity contribution in [2.75, 3.05) is 26.2 Å². The molecule has 4 rings (SSSR count). The monoisotopic (exact) mass is 363 g/mol. The number of halogens is 1. The van der Waals surface area contributed by atoms with Gasteiger partial charge in [0.15, 0.2) is 0 Å². The number of aromatic nitrogens is 1. The van der Waals surface area contributed by atoms with E-state index in [1.165, 1.54) is 6.07 Å². The molecule has 0 atom stereocenters. The van der Waals surface area contributed by atoms with E-state index in [2.05, 4.69) is 9.88 Å². The molecular weight excluding hydrogens is 341 g/mol. The van der Waals surface area contributed by atoms with E-state index in [1.807, 2.05) is 41.3 Å². The molecule has 3 aromatic rings. The van der Waals surface area contributed by atoms with Gasteiger partial charge in [0.25, 0.3) is 0 Å². The van der Waals surface area contributed by atoms with Gasteiger partial charge in [-0.1, -0.05) is 36.4 Å². The predicted molar refractivity (Wildman–Crippen MR) is 104 cm³/mol. The summed E-state index contributed by atoms with van der Waals surface area (Å²) in [5, 5.41) is 0.562. The number of fused-ring (bicyclic) bond motifs is 1. The molecule has 0 bridgehead atoms. The number of piperazine rings is 1. The lowest BCUT2D eigenvalue weighted by atomic mass is 10.1. The fourth-order valence-electron chi connectivity index (χ4n) is 3.60. The molecule has 0 N–H and O–H groups in total. The Morgan fingerprint density at radius 1 is 0.963 bits per heavy atom. The minimum atomic E-state index is -0.238. The number of benzene rings is 2. The van der Waals surface area contributed by atoms with Crippen LogP contribution in [0.25, 0.3) is 10.9 Å². The summed E-state index contributed by atoms with van der Waals surface area (Å²) in [5.74, 6) is -0.0621. The van der Waals surface area contributed by atoms with E-state index in [4.69, 9.17) is 0 Å². The molecule has 138 valence electrons. The number of nitrogens with zero attached hydrogens (tertiary/aromatic N) is 3. The molecule has 1 aliphatic heterocycles. The van der Waals surface area contributed by atoms with Gasteiger partial charge in [-0.2, -0.15) is 0 Å². The van der Waals surface area contributed by atoms with Crippen molar-refractivity contribution in [1.29, 1.82) is 0 Å². The SMILES string of the molecule is O=C(Cc1ccccc1)N1CCN(Cc2ccc(F)c3cccnc23)CC1. The lowest BCUT2D eigenvalue weighted by Gasteiger charge is -2.35. The molecule has 4 nitrogen and oxygen atoms in total. The second kappa shape index (κ2) is 7.84. The standard InChI is InChI=1S/C22H22FN3O/c23-20-9-8-18(22-19(20)7-4-10-24-22)16-25-11-13-26(14-12-25)21(27)15-17-5-2-1-3-6-17/h1-10H,11-16H2. The van der Waals surface area contributed by atoms with Crippen LogP contribution in [0.5, 0.6) is 0 Å². The van der Waals surface area contributed by atoms with Crippen LogP contribution in [0.15, 0.2) is 60.8 Å². The van der Waals surface area contributed by atoms with Crippen molar-refractivity contribution in [3.05, 3.63) is 77.7 Å². The van der Waals surface area contributed by atoms with Crippen molar-refractivity contribution >= 4 is 16.8 Å². The number of rotatable bonds is 4. The van der Waals surface area contributed by atoms with Crippen LogP contribution < -0.4 is 0 Å². The number of carbonyl (C=O) groups excluding carboxylic acids is 1. The third kappa shape index (κ3) is 3.98. The Kier molecular flexibility index (Phi) is 5.12.